The van der Waals surface area contributed by atoms with Crippen LogP contribution in [0.1, 0.15) is 38.1 Å². The molecule has 2 aromatic carbocycles. The van der Waals surface area contributed by atoms with Crippen molar-refractivity contribution in [2.45, 2.75) is 27.7 Å². The van der Waals surface area contributed by atoms with Crippen LogP contribution in [0.5, 0.6) is 0 Å². The van der Waals surface area contributed by atoms with Crippen LogP contribution in [-0.4, -0.2) is 17.3 Å². The summed E-state index contributed by atoms with van der Waals surface area (Å²) in [5.74, 6) is -0.808. The number of carbonyl (C=O) groups is 3. The molecule has 0 aliphatic heterocycles. The molecule has 0 atom stereocenters. The monoisotopic (exact) mass is 340 g/mol. The number of ketones is 3. The Morgan fingerprint density at radius 3 is 1.76 bits per heavy atom. The third-order valence-electron chi connectivity index (χ3n) is 3.55. The molecule has 0 fully saturated rings. The molecule has 0 unspecified atom stereocenters. The van der Waals surface area contributed by atoms with E-state index in [2.05, 4.69) is 0 Å². The van der Waals surface area contributed by atoms with E-state index in [9.17, 15) is 14.4 Å². The Labute approximate surface area is 148 Å². The summed E-state index contributed by atoms with van der Waals surface area (Å²) in [6.07, 6.45) is 0. The second-order valence-corrected chi connectivity index (χ2v) is 6.06. The summed E-state index contributed by atoms with van der Waals surface area (Å²) in [5, 5.41) is 0. The minimum absolute atomic E-state index is 0.0280. The second-order valence-electron chi connectivity index (χ2n) is 6.06. The van der Waals surface area contributed by atoms with Crippen LogP contribution in [0, 0.1) is 5.92 Å². The minimum Gasteiger partial charge on any atom is -0.399 e. The molecular weight excluding hydrogens is 316 g/mol. The number of benzene rings is 2. The van der Waals surface area contributed by atoms with E-state index in [4.69, 9.17) is 11.5 Å². The van der Waals surface area contributed by atoms with Crippen molar-refractivity contribution in [2.24, 2.45) is 5.92 Å². The Kier molecular flexibility index (Phi) is 7.06. The molecule has 4 N–H and O–H groups in total. The van der Waals surface area contributed by atoms with E-state index in [0.29, 0.717) is 11.3 Å². The predicted octanol–water partition coefficient (Wildman–Crippen LogP) is 3.52. The molecule has 0 heterocycles. The van der Waals surface area contributed by atoms with Crippen LogP contribution in [-0.2, 0) is 9.59 Å². The van der Waals surface area contributed by atoms with Gasteiger partial charge in [-0.1, -0.05) is 32.0 Å². The third kappa shape index (κ3) is 5.88. The number of Topliss-reactive ketones (excluding diaryl/α,β-unsaturated/α-hetero) is 3. The Morgan fingerprint density at radius 2 is 1.36 bits per heavy atom. The van der Waals surface area contributed by atoms with Gasteiger partial charge in [0, 0.05) is 29.8 Å². The number of hydrogen-bond acceptors (Lipinski definition) is 5. The van der Waals surface area contributed by atoms with Crippen LogP contribution in [0.15, 0.2) is 42.5 Å². The number of nitrogens with two attached hydrogens (primary N) is 2. The standard InChI is InChI=1S/C14H14N2O.C6H10O2/c1-9(17)13-8-11(4-7-14(13)16)10-2-5-12(15)6-3-10;1-4(2)6(8)5(3)7/h2-8H,15-16H2,1H3;4H,1-3H3. The first-order valence-electron chi connectivity index (χ1n) is 7.94. The van der Waals surface area contributed by atoms with Gasteiger partial charge in [-0.2, -0.15) is 0 Å². The van der Waals surface area contributed by atoms with E-state index in [-0.39, 0.29) is 23.3 Å². The topological polar surface area (TPSA) is 103 Å². The van der Waals surface area contributed by atoms with Gasteiger partial charge in [0.1, 0.15) is 0 Å². The normalized spacial score (nSPS) is 9.96. The van der Waals surface area contributed by atoms with Gasteiger partial charge in [0.25, 0.3) is 0 Å². The number of carbonyl (C=O) groups excluding carboxylic acids is 3. The van der Waals surface area contributed by atoms with Crippen molar-refractivity contribution in [3.8, 4) is 11.1 Å². The molecule has 0 spiro atoms. The highest BCUT2D eigenvalue weighted by molar-refractivity contribution is 6.36. The van der Waals surface area contributed by atoms with Gasteiger partial charge in [-0.05, 0) is 42.3 Å². The number of anilines is 2. The van der Waals surface area contributed by atoms with Crippen molar-refractivity contribution in [1.29, 1.82) is 0 Å². The number of nitrogen functional groups attached to an aromatic ring is 2. The zero-order valence-corrected chi connectivity index (χ0v) is 15.0. The van der Waals surface area contributed by atoms with E-state index in [0.717, 1.165) is 16.8 Å². The van der Waals surface area contributed by atoms with E-state index in [1.807, 2.05) is 36.4 Å². The van der Waals surface area contributed by atoms with Gasteiger partial charge in [-0.25, -0.2) is 0 Å². The van der Waals surface area contributed by atoms with Crippen molar-refractivity contribution >= 4 is 28.7 Å². The number of rotatable bonds is 4. The average molecular weight is 340 g/mol. The van der Waals surface area contributed by atoms with Crippen LogP contribution in [0.4, 0.5) is 11.4 Å². The van der Waals surface area contributed by atoms with E-state index in [1.54, 1.807) is 19.9 Å². The van der Waals surface area contributed by atoms with Crippen molar-refractivity contribution in [1.82, 2.24) is 0 Å². The fraction of sp³-hybridized carbons (Fsp3) is 0.250. The fourth-order valence-electron chi connectivity index (χ4n) is 2.12. The lowest BCUT2D eigenvalue weighted by molar-refractivity contribution is -0.137. The first-order chi connectivity index (χ1) is 11.6. The molecule has 2 rings (SSSR count). The first kappa shape index (κ1) is 20.1. The van der Waals surface area contributed by atoms with E-state index < -0.39 is 0 Å². The first-order valence-corrected chi connectivity index (χ1v) is 7.94. The molecule has 2 aromatic rings. The minimum atomic E-state index is -0.347. The lowest BCUT2D eigenvalue weighted by Gasteiger charge is -2.06. The highest BCUT2D eigenvalue weighted by atomic mass is 16.2. The molecule has 25 heavy (non-hydrogen) atoms. The van der Waals surface area contributed by atoms with Gasteiger partial charge in [-0.15, -0.1) is 0 Å². The maximum absolute atomic E-state index is 11.4. The van der Waals surface area contributed by atoms with Gasteiger partial charge in [0.2, 0.25) is 5.78 Å². The molecular formula is C20H24N2O3. The van der Waals surface area contributed by atoms with Crippen LogP contribution in [0.2, 0.25) is 0 Å². The molecule has 0 radical (unpaired) electrons. The van der Waals surface area contributed by atoms with Gasteiger partial charge in [0.15, 0.2) is 11.6 Å². The maximum atomic E-state index is 11.4. The summed E-state index contributed by atoms with van der Waals surface area (Å²) in [7, 11) is 0. The van der Waals surface area contributed by atoms with Crippen LogP contribution >= 0.6 is 0 Å². The molecule has 0 bridgehead atoms. The molecule has 5 heteroatoms. The lowest BCUT2D eigenvalue weighted by Crippen LogP contribution is -2.15. The summed E-state index contributed by atoms with van der Waals surface area (Å²) >= 11 is 0. The Morgan fingerprint density at radius 1 is 0.840 bits per heavy atom. The van der Waals surface area contributed by atoms with Crippen LogP contribution in [0.3, 0.4) is 0 Å². The Bertz CT molecular complexity index is 778. The molecule has 0 amide bonds. The summed E-state index contributed by atoms with van der Waals surface area (Å²) in [6, 6.07) is 13.0. The summed E-state index contributed by atoms with van der Waals surface area (Å²) in [5.41, 5.74) is 15.1. The highest BCUT2D eigenvalue weighted by Crippen LogP contribution is 2.24. The summed E-state index contributed by atoms with van der Waals surface area (Å²) in [4.78, 5) is 32.1. The Hall–Kier alpha value is -2.95. The Balaban J connectivity index is 0.000000333. The van der Waals surface area contributed by atoms with Crippen molar-refractivity contribution in [3.05, 3.63) is 48.0 Å². The molecule has 0 aliphatic rings. The molecule has 0 aliphatic carbocycles. The molecule has 5 nitrogen and oxygen atoms in total. The summed E-state index contributed by atoms with van der Waals surface area (Å²) in [6.45, 7) is 6.23. The maximum Gasteiger partial charge on any atom is 0.200 e. The van der Waals surface area contributed by atoms with Crippen molar-refractivity contribution in [2.75, 3.05) is 11.5 Å². The predicted molar refractivity (Wildman–Crippen MR) is 101 cm³/mol. The zero-order valence-electron chi connectivity index (χ0n) is 15.0. The SMILES string of the molecule is CC(=O)C(=O)C(C)C.CC(=O)c1cc(-c2ccc(N)cc2)ccc1N. The second kappa shape index (κ2) is 8.78. The van der Waals surface area contributed by atoms with Crippen molar-refractivity contribution in [3.63, 3.8) is 0 Å². The van der Waals surface area contributed by atoms with Crippen LogP contribution < -0.4 is 11.5 Å². The summed E-state index contributed by atoms with van der Waals surface area (Å²) < 4.78 is 0. The van der Waals surface area contributed by atoms with E-state index >= 15 is 0 Å². The van der Waals surface area contributed by atoms with Gasteiger partial charge < -0.3 is 11.5 Å². The number of hydrogen-bond donors (Lipinski definition) is 2. The van der Waals surface area contributed by atoms with Crippen molar-refractivity contribution < 1.29 is 14.4 Å². The largest absolute Gasteiger partial charge is 0.399 e. The zero-order chi connectivity index (χ0) is 19.1. The van der Waals surface area contributed by atoms with E-state index in [1.165, 1.54) is 13.8 Å². The smallest absolute Gasteiger partial charge is 0.200 e. The molecule has 0 saturated heterocycles. The van der Waals surface area contributed by atoms with Crippen LogP contribution in [0.25, 0.3) is 11.1 Å². The third-order valence-corrected chi connectivity index (χ3v) is 3.55. The molecule has 0 saturated carbocycles. The molecule has 132 valence electrons. The highest BCUT2D eigenvalue weighted by Gasteiger charge is 2.10. The van der Waals surface area contributed by atoms with Gasteiger partial charge in [-0.3, -0.25) is 14.4 Å². The van der Waals surface area contributed by atoms with Gasteiger partial charge >= 0.3 is 0 Å². The molecule has 0 aromatic heterocycles. The quantitative estimate of drug-likeness (QED) is 0.503. The average Bonchev–Trinajstić information content (AvgIpc) is 2.55. The lowest BCUT2D eigenvalue weighted by atomic mass is 10.00. The fourth-order valence-corrected chi connectivity index (χ4v) is 2.12. The van der Waals surface area contributed by atoms with Gasteiger partial charge in [0.05, 0.1) is 0 Å².